The Hall–Kier alpha value is -1.89. The summed E-state index contributed by atoms with van der Waals surface area (Å²) in [6.45, 7) is 1.02. The van der Waals surface area contributed by atoms with E-state index in [-0.39, 0.29) is 11.8 Å². The lowest BCUT2D eigenvalue weighted by Crippen LogP contribution is -2.15. The number of rotatable bonds is 3. The molecule has 2 rings (SSSR count). The molecule has 1 aliphatic heterocycles. The number of aromatic nitrogens is 1. The molecule has 7 nitrogen and oxygen atoms in total. The van der Waals surface area contributed by atoms with E-state index in [1.807, 2.05) is 0 Å². The minimum atomic E-state index is -1.43. The number of carbonyl (C=O) groups is 2. The number of hydrogen-bond acceptors (Lipinski definition) is 5. The molecule has 1 aromatic heterocycles. The minimum absolute atomic E-state index is 0.125. The van der Waals surface area contributed by atoms with Gasteiger partial charge in [-0.25, -0.2) is 14.6 Å². The van der Waals surface area contributed by atoms with Crippen molar-refractivity contribution in [2.45, 2.75) is 18.8 Å². The third-order valence-electron chi connectivity index (χ3n) is 2.55. The Bertz CT molecular complexity index is 414. The molecule has 1 unspecified atom stereocenters. The predicted molar refractivity (Wildman–Crippen MR) is 53.2 cm³/mol. The summed E-state index contributed by atoms with van der Waals surface area (Å²) < 4.78 is 10.2. The van der Waals surface area contributed by atoms with E-state index in [1.54, 1.807) is 0 Å². The summed E-state index contributed by atoms with van der Waals surface area (Å²) in [4.78, 5) is 25.3. The largest absolute Gasteiger partial charge is 0.476 e. The smallest absolute Gasteiger partial charge is 0.374 e. The van der Waals surface area contributed by atoms with Crippen LogP contribution in [0.15, 0.2) is 4.42 Å². The fourth-order valence-electron chi connectivity index (χ4n) is 1.74. The maximum absolute atomic E-state index is 10.8. The SMILES string of the molecule is O=C(O)c1nc(C2CCCOC2)oc1C(=O)O. The maximum atomic E-state index is 10.8. The van der Waals surface area contributed by atoms with Crippen LogP contribution in [-0.4, -0.2) is 40.3 Å². The number of carboxylic acid groups (broad SMARTS) is 2. The van der Waals surface area contributed by atoms with Gasteiger partial charge in [0.2, 0.25) is 17.3 Å². The number of nitrogens with zero attached hydrogens (tertiary/aromatic N) is 1. The van der Waals surface area contributed by atoms with Crippen LogP contribution in [0.1, 0.15) is 45.7 Å². The van der Waals surface area contributed by atoms with Crippen molar-refractivity contribution in [1.29, 1.82) is 0 Å². The van der Waals surface area contributed by atoms with Crippen LogP contribution >= 0.6 is 0 Å². The molecule has 1 aliphatic rings. The van der Waals surface area contributed by atoms with Gasteiger partial charge in [-0.15, -0.1) is 0 Å². The fraction of sp³-hybridized carbons (Fsp3) is 0.500. The van der Waals surface area contributed by atoms with E-state index in [1.165, 1.54) is 0 Å². The number of carboxylic acids is 2. The molecule has 0 aliphatic carbocycles. The highest BCUT2D eigenvalue weighted by Gasteiger charge is 2.29. The monoisotopic (exact) mass is 241 g/mol. The lowest BCUT2D eigenvalue weighted by molar-refractivity contribution is 0.0608. The van der Waals surface area contributed by atoms with E-state index in [0.29, 0.717) is 13.2 Å². The Labute approximate surface area is 96.0 Å². The first-order valence-electron chi connectivity index (χ1n) is 5.14. The highest BCUT2D eigenvalue weighted by Crippen LogP contribution is 2.26. The Kier molecular flexibility index (Phi) is 3.10. The average Bonchev–Trinajstić information content (AvgIpc) is 2.75. The van der Waals surface area contributed by atoms with E-state index >= 15 is 0 Å². The van der Waals surface area contributed by atoms with Gasteiger partial charge in [-0.05, 0) is 12.8 Å². The van der Waals surface area contributed by atoms with E-state index in [4.69, 9.17) is 19.4 Å². The van der Waals surface area contributed by atoms with Crippen LogP contribution in [0.3, 0.4) is 0 Å². The molecule has 17 heavy (non-hydrogen) atoms. The first-order chi connectivity index (χ1) is 8.09. The van der Waals surface area contributed by atoms with E-state index < -0.39 is 23.4 Å². The van der Waals surface area contributed by atoms with Crippen molar-refractivity contribution >= 4 is 11.9 Å². The summed E-state index contributed by atoms with van der Waals surface area (Å²) in [6.07, 6.45) is 1.57. The van der Waals surface area contributed by atoms with Crippen molar-refractivity contribution < 1.29 is 29.0 Å². The Balaban J connectivity index is 2.32. The van der Waals surface area contributed by atoms with E-state index in [0.717, 1.165) is 12.8 Å². The normalized spacial score (nSPS) is 20.1. The van der Waals surface area contributed by atoms with Gasteiger partial charge in [0.25, 0.3) is 0 Å². The third kappa shape index (κ3) is 2.28. The van der Waals surface area contributed by atoms with Gasteiger partial charge in [-0.1, -0.05) is 0 Å². The molecule has 1 atom stereocenters. The lowest BCUT2D eigenvalue weighted by Gasteiger charge is -2.18. The van der Waals surface area contributed by atoms with Crippen molar-refractivity contribution in [1.82, 2.24) is 4.98 Å². The topological polar surface area (TPSA) is 110 Å². The van der Waals surface area contributed by atoms with E-state index in [9.17, 15) is 9.59 Å². The van der Waals surface area contributed by atoms with Crippen molar-refractivity contribution in [2.24, 2.45) is 0 Å². The van der Waals surface area contributed by atoms with Gasteiger partial charge in [0.15, 0.2) is 0 Å². The van der Waals surface area contributed by atoms with Crippen LogP contribution in [0.2, 0.25) is 0 Å². The van der Waals surface area contributed by atoms with Gasteiger partial charge >= 0.3 is 11.9 Å². The van der Waals surface area contributed by atoms with Crippen LogP contribution in [0.25, 0.3) is 0 Å². The highest BCUT2D eigenvalue weighted by molar-refractivity contribution is 5.98. The quantitative estimate of drug-likeness (QED) is 0.810. The Morgan fingerprint density at radius 2 is 2.06 bits per heavy atom. The van der Waals surface area contributed by atoms with Gasteiger partial charge in [0.1, 0.15) is 0 Å². The van der Waals surface area contributed by atoms with Crippen LogP contribution in [0.4, 0.5) is 0 Å². The standard InChI is InChI=1S/C10H11NO6/c12-9(13)6-7(10(14)15)17-8(11-6)5-2-1-3-16-4-5/h5H,1-4H2,(H,12,13)(H,14,15). The molecule has 0 bridgehead atoms. The number of ether oxygens (including phenoxy) is 1. The molecule has 0 radical (unpaired) electrons. The molecule has 0 amide bonds. The van der Waals surface area contributed by atoms with Crippen LogP contribution < -0.4 is 0 Å². The minimum Gasteiger partial charge on any atom is -0.476 e. The van der Waals surface area contributed by atoms with Gasteiger partial charge in [0.05, 0.1) is 12.5 Å². The molecule has 92 valence electrons. The molecule has 0 aromatic carbocycles. The molecular weight excluding hydrogens is 230 g/mol. The Morgan fingerprint density at radius 3 is 2.53 bits per heavy atom. The number of aromatic carboxylic acids is 2. The first kappa shape index (κ1) is 11.6. The second-order valence-corrected chi connectivity index (χ2v) is 3.75. The van der Waals surface area contributed by atoms with Gasteiger partial charge < -0.3 is 19.4 Å². The third-order valence-corrected chi connectivity index (χ3v) is 2.55. The molecular formula is C10H11NO6. The summed E-state index contributed by atoms with van der Waals surface area (Å²) in [5, 5.41) is 17.6. The number of hydrogen-bond donors (Lipinski definition) is 2. The molecule has 7 heteroatoms. The zero-order chi connectivity index (χ0) is 12.4. The maximum Gasteiger partial charge on any atom is 0.374 e. The average molecular weight is 241 g/mol. The van der Waals surface area contributed by atoms with Crippen molar-refractivity contribution in [3.05, 3.63) is 17.3 Å². The van der Waals surface area contributed by atoms with Crippen molar-refractivity contribution in [3.8, 4) is 0 Å². The van der Waals surface area contributed by atoms with Gasteiger partial charge in [-0.3, -0.25) is 0 Å². The predicted octanol–water partition coefficient (Wildman–Crippen LogP) is 0.965. The van der Waals surface area contributed by atoms with Crippen LogP contribution in [0, 0.1) is 0 Å². The molecule has 1 aromatic rings. The second kappa shape index (κ2) is 4.54. The van der Waals surface area contributed by atoms with Gasteiger partial charge in [-0.2, -0.15) is 0 Å². The Morgan fingerprint density at radius 1 is 1.29 bits per heavy atom. The zero-order valence-corrected chi connectivity index (χ0v) is 8.88. The molecule has 2 N–H and O–H groups in total. The first-order valence-corrected chi connectivity index (χ1v) is 5.14. The fourth-order valence-corrected chi connectivity index (χ4v) is 1.74. The van der Waals surface area contributed by atoms with E-state index in [2.05, 4.69) is 4.98 Å². The van der Waals surface area contributed by atoms with Crippen molar-refractivity contribution in [2.75, 3.05) is 13.2 Å². The zero-order valence-electron chi connectivity index (χ0n) is 8.88. The van der Waals surface area contributed by atoms with Crippen molar-refractivity contribution in [3.63, 3.8) is 0 Å². The summed E-state index contributed by atoms with van der Waals surface area (Å²) in [5.41, 5.74) is -0.557. The van der Waals surface area contributed by atoms with Crippen LogP contribution in [-0.2, 0) is 4.74 Å². The molecule has 0 saturated carbocycles. The summed E-state index contributed by atoms with van der Waals surface area (Å²) >= 11 is 0. The molecule has 2 heterocycles. The molecule has 1 fully saturated rings. The second-order valence-electron chi connectivity index (χ2n) is 3.75. The van der Waals surface area contributed by atoms with Gasteiger partial charge in [0, 0.05) is 6.61 Å². The lowest BCUT2D eigenvalue weighted by atomic mass is 10.0. The number of oxazole rings is 1. The van der Waals surface area contributed by atoms with Crippen LogP contribution in [0.5, 0.6) is 0 Å². The highest BCUT2D eigenvalue weighted by atomic mass is 16.5. The molecule has 0 spiro atoms. The summed E-state index contributed by atoms with van der Waals surface area (Å²) in [7, 11) is 0. The summed E-state index contributed by atoms with van der Waals surface area (Å²) in [6, 6.07) is 0. The summed E-state index contributed by atoms with van der Waals surface area (Å²) in [5.74, 6) is -3.51. The molecule has 1 saturated heterocycles.